The third-order valence-electron chi connectivity index (χ3n) is 3.40. The number of benzene rings is 1. The molecule has 0 saturated heterocycles. The predicted molar refractivity (Wildman–Crippen MR) is 80.4 cm³/mol. The van der Waals surface area contributed by atoms with Gasteiger partial charge in [-0.15, -0.1) is 0 Å². The fourth-order valence-corrected chi connectivity index (χ4v) is 3.50. The number of sulfonamides is 1. The monoisotopic (exact) mass is 340 g/mol. The highest BCUT2D eigenvalue weighted by atomic mass is 32.2. The summed E-state index contributed by atoms with van der Waals surface area (Å²) < 4.78 is 25.5. The first kappa shape index (κ1) is 17.1. The van der Waals surface area contributed by atoms with Gasteiger partial charge >= 0.3 is 5.97 Å². The van der Waals surface area contributed by atoms with Crippen molar-refractivity contribution in [1.82, 2.24) is 9.62 Å². The van der Waals surface area contributed by atoms with Gasteiger partial charge in [-0.3, -0.25) is 19.3 Å². The lowest BCUT2D eigenvalue weighted by Gasteiger charge is -2.14. The van der Waals surface area contributed by atoms with Gasteiger partial charge in [-0.2, -0.15) is 0 Å². The van der Waals surface area contributed by atoms with Gasteiger partial charge in [0.2, 0.25) is 10.0 Å². The molecule has 2 N–H and O–H groups in total. The van der Waals surface area contributed by atoms with E-state index in [1.165, 1.54) is 6.92 Å². The Morgan fingerprint density at radius 2 is 1.74 bits per heavy atom. The van der Waals surface area contributed by atoms with Gasteiger partial charge in [0.1, 0.15) is 6.04 Å². The Labute approximate surface area is 133 Å². The molecule has 0 aromatic heterocycles. The minimum atomic E-state index is -3.80. The van der Waals surface area contributed by atoms with Crippen molar-refractivity contribution in [3.05, 3.63) is 35.4 Å². The van der Waals surface area contributed by atoms with Crippen LogP contribution >= 0.6 is 0 Å². The van der Waals surface area contributed by atoms with Crippen LogP contribution in [-0.2, 0) is 14.8 Å². The molecule has 0 radical (unpaired) electrons. The lowest BCUT2D eigenvalue weighted by molar-refractivity contribution is -0.138. The maximum Gasteiger partial charge on any atom is 0.321 e. The Hall–Kier alpha value is -2.26. The number of nitrogens with one attached hydrogen (secondary N) is 1. The molecule has 1 heterocycles. The molecular weight excluding hydrogens is 324 g/mol. The first-order valence-corrected chi connectivity index (χ1v) is 8.56. The molecule has 2 amide bonds. The minimum Gasteiger partial charge on any atom is -0.480 e. The van der Waals surface area contributed by atoms with E-state index in [9.17, 15) is 22.8 Å². The summed E-state index contributed by atoms with van der Waals surface area (Å²) >= 11 is 0. The van der Waals surface area contributed by atoms with E-state index in [-0.39, 0.29) is 18.7 Å². The molecule has 0 aliphatic carbocycles. The molecule has 23 heavy (non-hydrogen) atoms. The number of nitrogens with zero attached hydrogens (tertiary/aromatic N) is 1. The Bertz CT molecular complexity index is 723. The van der Waals surface area contributed by atoms with Crippen LogP contribution in [0.3, 0.4) is 0 Å². The second-order valence-corrected chi connectivity index (χ2v) is 7.03. The average molecular weight is 340 g/mol. The van der Waals surface area contributed by atoms with Crippen molar-refractivity contribution in [2.45, 2.75) is 19.4 Å². The first-order valence-electron chi connectivity index (χ1n) is 6.91. The van der Waals surface area contributed by atoms with E-state index in [1.807, 2.05) is 4.72 Å². The summed E-state index contributed by atoms with van der Waals surface area (Å²) in [6.07, 6.45) is 0.0210. The van der Waals surface area contributed by atoms with E-state index >= 15 is 0 Å². The summed E-state index contributed by atoms with van der Waals surface area (Å²) in [7, 11) is -3.80. The zero-order valence-electron chi connectivity index (χ0n) is 12.4. The molecule has 0 unspecified atom stereocenters. The van der Waals surface area contributed by atoms with Crippen molar-refractivity contribution in [2.24, 2.45) is 0 Å². The number of carbonyl (C=O) groups excluding carboxylic acids is 2. The van der Waals surface area contributed by atoms with Crippen LogP contribution in [0.2, 0.25) is 0 Å². The Morgan fingerprint density at radius 1 is 1.22 bits per heavy atom. The van der Waals surface area contributed by atoms with Crippen LogP contribution in [0.5, 0.6) is 0 Å². The number of amides is 2. The Kier molecular flexibility index (Phi) is 4.81. The van der Waals surface area contributed by atoms with E-state index in [1.54, 1.807) is 24.3 Å². The molecule has 2 rings (SSSR count). The molecule has 124 valence electrons. The normalized spacial score (nSPS) is 15.6. The highest BCUT2D eigenvalue weighted by Crippen LogP contribution is 2.22. The van der Waals surface area contributed by atoms with Crippen LogP contribution in [0, 0.1) is 0 Å². The largest absolute Gasteiger partial charge is 0.480 e. The number of carbonyl (C=O) groups is 3. The molecule has 0 bridgehead atoms. The second kappa shape index (κ2) is 6.47. The van der Waals surface area contributed by atoms with Crippen molar-refractivity contribution in [2.75, 3.05) is 12.3 Å². The lowest BCUT2D eigenvalue weighted by Crippen LogP contribution is -2.40. The number of carboxylic acids is 1. The number of imide groups is 1. The highest BCUT2D eigenvalue weighted by Gasteiger charge is 2.34. The van der Waals surface area contributed by atoms with Crippen molar-refractivity contribution in [3.63, 3.8) is 0 Å². The van der Waals surface area contributed by atoms with Crippen molar-refractivity contribution in [3.8, 4) is 0 Å². The number of fused-ring (bicyclic) bond motifs is 1. The van der Waals surface area contributed by atoms with Gasteiger partial charge in [0.05, 0.1) is 16.9 Å². The second-order valence-electron chi connectivity index (χ2n) is 5.16. The number of hydrogen-bond acceptors (Lipinski definition) is 5. The van der Waals surface area contributed by atoms with E-state index in [0.717, 1.165) is 4.90 Å². The quantitative estimate of drug-likeness (QED) is 0.677. The van der Waals surface area contributed by atoms with Gasteiger partial charge in [-0.1, -0.05) is 12.1 Å². The molecule has 0 saturated carbocycles. The molecule has 0 fully saturated rings. The van der Waals surface area contributed by atoms with Crippen LogP contribution in [0.15, 0.2) is 24.3 Å². The van der Waals surface area contributed by atoms with Crippen molar-refractivity contribution >= 4 is 27.8 Å². The van der Waals surface area contributed by atoms with Crippen LogP contribution in [0.25, 0.3) is 0 Å². The van der Waals surface area contributed by atoms with Crippen LogP contribution < -0.4 is 4.72 Å². The van der Waals surface area contributed by atoms with E-state index in [2.05, 4.69) is 0 Å². The van der Waals surface area contributed by atoms with Crippen LogP contribution in [-0.4, -0.2) is 54.5 Å². The lowest BCUT2D eigenvalue weighted by atomic mass is 10.1. The van der Waals surface area contributed by atoms with Gasteiger partial charge in [0.25, 0.3) is 11.8 Å². The zero-order chi connectivity index (χ0) is 17.2. The molecule has 0 spiro atoms. The zero-order valence-corrected chi connectivity index (χ0v) is 13.2. The number of rotatable bonds is 7. The van der Waals surface area contributed by atoms with Crippen molar-refractivity contribution in [1.29, 1.82) is 0 Å². The summed E-state index contributed by atoms with van der Waals surface area (Å²) in [6.45, 7) is 1.17. The fourth-order valence-electron chi connectivity index (χ4n) is 2.23. The summed E-state index contributed by atoms with van der Waals surface area (Å²) in [4.78, 5) is 35.8. The van der Waals surface area contributed by atoms with Gasteiger partial charge in [-0.05, 0) is 25.5 Å². The third-order valence-corrected chi connectivity index (χ3v) is 4.94. The Balaban J connectivity index is 1.94. The van der Waals surface area contributed by atoms with Gasteiger partial charge in [-0.25, -0.2) is 13.1 Å². The third kappa shape index (κ3) is 3.74. The molecule has 1 aromatic carbocycles. The molecular formula is C14H16N2O6S. The topological polar surface area (TPSA) is 121 Å². The summed E-state index contributed by atoms with van der Waals surface area (Å²) in [5.74, 6) is -2.56. The molecule has 8 nitrogen and oxygen atoms in total. The summed E-state index contributed by atoms with van der Waals surface area (Å²) in [5.41, 5.74) is 0.607. The van der Waals surface area contributed by atoms with E-state index in [0.29, 0.717) is 11.1 Å². The molecule has 1 aliphatic rings. The molecule has 1 atom stereocenters. The smallest absolute Gasteiger partial charge is 0.321 e. The van der Waals surface area contributed by atoms with Gasteiger partial charge in [0, 0.05) is 6.54 Å². The Morgan fingerprint density at radius 3 is 2.22 bits per heavy atom. The average Bonchev–Trinajstić information content (AvgIpc) is 2.72. The fraction of sp³-hybridized carbons (Fsp3) is 0.357. The van der Waals surface area contributed by atoms with E-state index < -0.39 is 33.8 Å². The maximum absolute atomic E-state index is 12.1. The number of hydrogen-bond donors (Lipinski definition) is 2. The van der Waals surface area contributed by atoms with Crippen LogP contribution in [0.1, 0.15) is 34.1 Å². The first-order chi connectivity index (χ1) is 10.7. The molecule has 9 heteroatoms. The molecule has 1 aliphatic heterocycles. The van der Waals surface area contributed by atoms with Crippen molar-refractivity contribution < 1.29 is 27.9 Å². The standard InChI is InChI=1S/C14H16N2O6S/c1-9(14(19)20)15-23(21,22)8-4-7-16-12(17)10-5-2-3-6-11(10)13(16)18/h2-3,5-6,9,15H,4,7-8H2,1H3,(H,19,20)/t9-/m1/s1. The predicted octanol–water partition coefficient (Wildman–Crippen LogP) is 0.0652. The number of aliphatic carboxylic acids is 1. The van der Waals surface area contributed by atoms with Gasteiger partial charge in [0.15, 0.2) is 0 Å². The highest BCUT2D eigenvalue weighted by molar-refractivity contribution is 7.89. The van der Waals surface area contributed by atoms with Gasteiger partial charge < -0.3 is 5.11 Å². The minimum absolute atomic E-state index is 0.0210. The number of carboxylic acid groups (broad SMARTS) is 1. The van der Waals surface area contributed by atoms with E-state index in [4.69, 9.17) is 5.11 Å². The van der Waals surface area contributed by atoms with Crippen LogP contribution in [0.4, 0.5) is 0 Å². The maximum atomic E-state index is 12.1. The summed E-state index contributed by atoms with van der Waals surface area (Å²) in [5, 5.41) is 8.69. The summed E-state index contributed by atoms with van der Waals surface area (Å²) in [6, 6.07) is 5.15. The SMILES string of the molecule is C[C@@H](NS(=O)(=O)CCCN1C(=O)c2ccccc2C1=O)C(=O)O. The molecule has 1 aromatic rings.